The Morgan fingerprint density at radius 3 is 2.28 bits per heavy atom. The molecule has 0 aliphatic rings. The van der Waals surface area contributed by atoms with Crippen molar-refractivity contribution >= 4 is 13.3 Å². The van der Waals surface area contributed by atoms with Gasteiger partial charge in [-0.15, -0.1) is 0 Å². The first-order valence-electron chi connectivity index (χ1n) is 7.43. The molecule has 1 aromatic carbocycles. The third-order valence-electron chi connectivity index (χ3n) is 3.47. The molecule has 12 nitrogen and oxygen atoms in total. The number of aliphatic hydroxyl groups is 1. The molecule has 0 bridgehead atoms. The van der Waals surface area contributed by atoms with E-state index in [9.17, 15) is 39.2 Å². The molecule has 146 valence electrons. The van der Waals surface area contributed by atoms with Gasteiger partial charge in [0.1, 0.15) is 0 Å². The van der Waals surface area contributed by atoms with Gasteiger partial charge in [-0.25, -0.2) is 4.79 Å². The van der Waals surface area contributed by atoms with Gasteiger partial charge >= 0.3 is 43.4 Å². The second-order valence-electron chi connectivity index (χ2n) is 5.47. The number of aliphatic hydroxyl groups excluding tert-OH is 1. The Kier molecular flexibility index (Phi) is 11.1. The maximum absolute atomic E-state index is 12.0. The summed E-state index contributed by atoms with van der Waals surface area (Å²) in [5, 5.41) is 19.9. The molecule has 29 heavy (non-hydrogen) atoms. The molecule has 1 aromatic heterocycles. The molecule has 0 saturated carbocycles. The Hall–Kier alpha value is -1.44. The standard InChI is InChI=1S/C14H16N3O9P.2Li/c18-7-11(26-8-27(23,24)25)5-16-6-12(13(19)15-14(16)20)9-1-3-10(4-2-9)17(21)22;;/h1-4,6,11,18H,5,7-8H2,(H,15,19,20)(H2,23,24,25);;/q;2*+1/p-2/t11-;;/m0../s1. The van der Waals surface area contributed by atoms with Crippen LogP contribution in [-0.4, -0.2) is 38.6 Å². The molecule has 0 unspecified atom stereocenters. The summed E-state index contributed by atoms with van der Waals surface area (Å²) in [5.41, 5.74) is -1.47. The molecule has 0 amide bonds. The van der Waals surface area contributed by atoms with Crippen LogP contribution in [0.4, 0.5) is 5.69 Å². The SMILES string of the molecule is O=c1[nH]c(=O)n(C[C@@H](CO)OCP(=O)([O-])[O-])cc1-c1ccc([N+](=O)[O-])cc1.[Li+].[Li+]. The number of benzene rings is 1. The zero-order valence-electron chi connectivity index (χ0n) is 15.6. The molecule has 1 heterocycles. The van der Waals surface area contributed by atoms with Crippen LogP contribution < -0.4 is 58.8 Å². The van der Waals surface area contributed by atoms with Gasteiger partial charge in [0.25, 0.3) is 11.2 Å². The van der Waals surface area contributed by atoms with Crippen molar-refractivity contribution in [3.05, 3.63) is 61.4 Å². The zero-order valence-corrected chi connectivity index (χ0v) is 16.5. The Balaban J connectivity index is 0.00000392. The van der Waals surface area contributed by atoms with Gasteiger partial charge in [-0.05, 0) is 25.3 Å². The van der Waals surface area contributed by atoms with Gasteiger partial charge in [-0.3, -0.25) is 24.5 Å². The van der Waals surface area contributed by atoms with Crippen molar-refractivity contribution in [2.24, 2.45) is 0 Å². The van der Waals surface area contributed by atoms with Crippen LogP contribution in [0.5, 0.6) is 0 Å². The van der Waals surface area contributed by atoms with Crippen LogP contribution in [0, 0.1) is 10.1 Å². The summed E-state index contributed by atoms with van der Waals surface area (Å²) >= 11 is 0. The number of hydrogen-bond acceptors (Lipinski definition) is 9. The van der Waals surface area contributed by atoms with E-state index in [4.69, 9.17) is 4.74 Å². The second-order valence-corrected chi connectivity index (χ2v) is 6.95. The summed E-state index contributed by atoms with van der Waals surface area (Å²) < 4.78 is 16.4. The van der Waals surface area contributed by atoms with Crippen molar-refractivity contribution < 1.29 is 66.8 Å². The van der Waals surface area contributed by atoms with Gasteiger partial charge in [0.05, 0.1) is 36.1 Å². The molecule has 2 N–H and O–H groups in total. The van der Waals surface area contributed by atoms with Gasteiger partial charge in [0.15, 0.2) is 0 Å². The average molecular weight is 413 g/mol. The topological polar surface area (TPSA) is 191 Å². The van der Waals surface area contributed by atoms with Crippen molar-refractivity contribution in [3.63, 3.8) is 0 Å². The molecule has 2 aromatic rings. The number of non-ortho nitro benzene ring substituents is 1. The maximum atomic E-state index is 12.0. The second kappa shape index (κ2) is 11.7. The Bertz CT molecular complexity index is 987. The van der Waals surface area contributed by atoms with Gasteiger partial charge in [0, 0.05) is 18.3 Å². The molecule has 0 aliphatic carbocycles. The summed E-state index contributed by atoms with van der Waals surface area (Å²) in [5.74, 6) is 0. The number of hydrogen-bond donors (Lipinski definition) is 2. The Labute approximate surface area is 187 Å². The van der Waals surface area contributed by atoms with Crippen LogP contribution in [0.1, 0.15) is 0 Å². The summed E-state index contributed by atoms with van der Waals surface area (Å²) in [6, 6.07) is 5.01. The van der Waals surface area contributed by atoms with Crippen LogP contribution >= 0.6 is 7.60 Å². The number of aromatic nitrogens is 2. The third-order valence-corrected chi connectivity index (χ3v) is 3.94. The number of nitrogens with zero attached hydrogens (tertiary/aromatic N) is 2. The number of H-pyrrole nitrogens is 1. The average Bonchev–Trinajstić information content (AvgIpc) is 2.59. The van der Waals surface area contributed by atoms with E-state index in [0.29, 0.717) is 5.56 Å². The summed E-state index contributed by atoms with van der Waals surface area (Å²) in [6.45, 7) is -1.02. The first-order valence-corrected chi connectivity index (χ1v) is 9.15. The first-order chi connectivity index (χ1) is 12.6. The number of nitro groups is 1. The van der Waals surface area contributed by atoms with E-state index in [-0.39, 0.29) is 55.5 Å². The van der Waals surface area contributed by atoms with Gasteiger partial charge in [-0.2, -0.15) is 0 Å². The van der Waals surface area contributed by atoms with Crippen LogP contribution in [0.25, 0.3) is 11.1 Å². The molecule has 0 radical (unpaired) electrons. The summed E-state index contributed by atoms with van der Waals surface area (Å²) in [7, 11) is -4.96. The molecule has 2 rings (SSSR count). The summed E-state index contributed by atoms with van der Waals surface area (Å²) in [4.78, 5) is 57.3. The van der Waals surface area contributed by atoms with E-state index in [2.05, 4.69) is 0 Å². The predicted molar refractivity (Wildman–Crippen MR) is 87.8 cm³/mol. The Morgan fingerprint density at radius 1 is 1.21 bits per heavy atom. The van der Waals surface area contributed by atoms with E-state index < -0.39 is 42.8 Å². The smallest absolute Gasteiger partial charge is 0.809 e. The fourth-order valence-corrected chi connectivity index (χ4v) is 2.59. The molecule has 1 atom stereocenters. The predicted octanol–water partition coefficient (Wildman–Crippen LogP) is -7.63. The molecule has 0 saturated heterocycles. The van der Waals surface area contributed by atoms with Gasteiger partial charge in [-0.1, -0.05) is 0 Å². The zero-order chi connectivity index (χ0) is 20.2. The van der Waals surface area contributed by atoms with Crippen molar-refractivity contribution in [1.29, 1.82) is 0 Å². The monoisotopic (exact) mass is 413 g/mol. The normalized spacial score (nSPS) is 11.8. The quantitative estimate of drug-likeness (QED) is 0.183. The number of nitrogens with one attached hydrogen (secondary N) is 1. The Morgan fingerprint density at radius 2 is 1.79 bits per heavy atom. The summed E-state index contributed by atoms with van der Waals surface area (Å²) in [6.07, 6.45) is -1.21. The molecule has 0 fully saturated rings. The van der Waals surface area contributed by atoms with Crippen LogP contribution in [-0.2, 0) is 15.8 Å². The van der Waals surface area contributed by atoms with E-state index in [0.717, 1.165) is 10.8 Å². The van der Waals surface area contributed by atoms with Crippen molar-refractivity contribution in [2.45, 2.75) is 12.6 Å². The molecule has 0 spiro atoms. The number of ether oxygens (including phenoxy) is 1. The fourth-order valence-electron chi connectivity index (χ4n) is 2.19. The number of rotatable bonds is 8. The van der Waals surface area contributed by atoms with Crippen molar-refractivity contribution in [1.82, 2.24) is 9.55 Å². The maximum Gasteiger partial charge on any atom is 1.00 e. The van der Waals surface area contributed by atoms with Crippen LogP contribution in [0.15, 0.2) is 40.1 Å². The van der Waals surface area contributed by atoms with E-state index >= 15 is 0 Å². The molecular weight excluding hydrogens is 399 g/mol. The van der Waals surface area contributed by atoms with Gasteiger partial charge < -0.3 is 24.2 Å². The number of nitro benzene ring substituents is 1. The van der Waals surface area contributed by atoms with E-state index in [1.54, 1.807) is 0 Å². The van der Waals surface area contributed by atoms with Crippen LogP contribution in [0.2, 0.25) is 0 Å². The number of aromatic amines is 1. The van der Waals surface area contributed by atoms with E-state index in [1.807, 2.05) is 4.98 Å². The minimum Gasteiger partial charge on any atom is -0.809 e. The first kappa shape index (κ1) is 27.6. The van der Waals surface area contributed by atoms with Gasteiger partial charge in [0.2, 0.25) is 0 Å². The van der Waals surface area contributed by atoms with Crippen LogP contribution in [0.3, 0.4) is 0 Å². The molecular formula is C14H14Li2N3O9P. The van der Waals surface area contributed by atoms with Crippen molar-refractivity contribution in [2.75, 3.05) is 13.0 Å². The minimum atomic E-state index is -4.96. The largest absolute Gasteiger partial charge is 1.00 e. The van der Waals surface area contributed by atoms with Crippen molar-refractivity contribution in [3.8, 4) is 11.1 Å². The molecule has 0 aliphatic heterocycles. The fraction of sp³-hybridized carbons (Fsp3) is 0.286. The molecule has 15 heteroatoms. The third kappa shape index (κ3) is 8.07. The minimum absolute atomic E-state index is 0. The van der Waals surface area contributed by atoms with E-state index in [1.165, 1.54) is 24.3 Å².